The van der Waals surface area contributed by atoms with Crippen molar-refractivity contribution in [3.05, 3.63) is 35.4 Å². The van der Waals surface area contributed by atoms with Crippen LogP contribution in [0.15, 0.2) is 29.4 Å². The van der Waals surface area contributed by atoms with Crippen molar-refractivity contribution in [3.8, 4) is 6.07 Å². The first-order valence-corrected chi connectivity index (χ1v) is 10.0. The second-order valence-electron chi connectivity index (χ2n) is 7.97. The van der Waals surface area contributed by atoms with Gasteiger partial charge in [0.1, 0.15) is 6.07 Å². The van der Waals surface area contributed by atoms with Crippen molar-refractivity contribution in [1.29, 1.82) is 5.26 Å². The molecule has 138 valence electrons. The standard InChI is InChI=1S/C19H22N2O4S/c1-12-5-7-13(8-6-12)15(11-20)21-25-26(23,24)16-14-9-10-19(4,17(16)22)18(14,2)3/h5-8,14,16H,9-10H2,1-4H3/b21-15-. The number of ketones is 1. The Morgan fingerprint density at radius 3 is 2.38 bits per heavy atom. The second-order valence-corrected chi connectivity index (χ2v) is 9.61. The minimum atomic E-state index is -4.26. The average Bonchev–Trinajstić information content (AvgIpc) is 2.89. The molecule has 26 heavy (non-hydrogen) atoms. The number of aryl methyl sites for hydroxylation is 1. The van der Waals surface area contributed by atoms with E-state index in [1.807, 2.05) is 33.8 Å². The van der Waals surface area contributed by atoms with E-state index >= 15 is 0 Å². The lowest BCUT2D eigenvalue weighted by molar-refractivity contribution is -0.128. The van der Waals surface area contributed by atoms with Crippen molar-refractivity contribution < 1.29 is 17.5 Å². The molecule has 0 aromatic heterocycles. The van der Waals surface area contributed by atoms with Gasteiger partial charge in [-0.25, -0.2) is 0 Å². The predicted octanol–water partition coefficient (Wildman–Crippen LogP) is 2.96. The molecule has 2 saturated carbocycles. The van der Waals surface area contributed by atoms with Crippen molar-refractivity contribution in [2.24, 2.45) is 21.9 Å². The van der Waals surface area contributed by atoms with E-state index < -0.39 is 26.2 Å². The lowest BCUT2D eigenvalue weighted by Crippen LogP contribution is -2.39. The minimum Gasteiger partial charge on any atom is -0.297 e. The Balaban J connectivity index is 1.89. The van der Waals surface area contributed by atoms with Crippen LogP contribution in [0.4, 0.5) is 0 Å². The molecule has 6 nitrogen and oxygen atoms in total. The van der Waals surface area contributed by atoms with Gasteiger partial charge in [-0.2, -0.15) is 13.7 Å². The van der Waals surface area contributed by atoms with Crippen LogP contribution >= 0.6 is 0 Å². The second kappa shape index (κ2) is 5.92. The van der Waals surface area contributed by atoms with Gasteiger partial charge in [-0.3, -0.25) is 9.08 Å². The van der Waals surface area contributed by atoms with Gasteiger partial charge in [0.25, 0.3) is 0 Å². The molecule has 0 saturated heterocycles. The molecular formula is C19H22N2O4S. The van der Waals surface area contributed by atoms with Crippen LogP contribution in [0.5, 0.6) is 0 Å². The van der Waals surface area contributed by atoms with Crippen LogP contribution in [0.2, 0.25) is 0 Å². The van der Waals surface area contributed by atoms with E-state index in [1.54, 1.807) is 24.3 Å². The van der Waals surface area contributed by atoms with Crippen LogP contribution in [0.25, 0.3) is 0 Å². The maximum Gasteiger partial charge on any atom is 0.338 e. The third kappa shape index (κ3) is 2.55. The number of oxime groups is 1. The van der Waals surface area contributed by atoms with Gasteiger partial charge in [0, 0.05) is 11.0 Å². The molecule has 2 aliphatic carbocycles. The topological polar surface area (TPSA) is 96.6 Å². The van der Waals surface area contributed by atoms with Gasteiger partial charge in [0.05, 0.1) is 0 Å². The highest BCUT2D eigenvalue weighted by Crippen LogP contribution is 2.65. The summed E-state index contributed by atoms with van der Waals surface area (Å²) >= 11 is 0. The molecule has 0 radical (unpaired) electrons. The van der Waals surface area contributed by atoms with Crippen LogP contribution in [0.3, 0.4) is 0 Å². The smallest absolute Gasteiger partial charge is 0.297 e. The molecule has 0 amide bonds. The normalized spacial score (nSPS) is 30.3. The van der Waals surface area contributed by atoms with Gasteiger partial charge in [-0.05, 0) is 31.1 Å². The highest BCUT2D eigenvalue weighted by Gasteiger charge is 2.70. The highest BCUT2D eigenvalue weighted by atomic mass is 32.2. The summed E-state index contributed by atoms with van der Waals surface area (Å²) in [6.07, 6.45) is 1.35. The predicted molar refractivity (Wildman–Crippen MR) is 96.7 cm³/mol. The molecule has 2 bridgehead atoms. The van der Waals surface area contributed by atoms with Crippen LogP contribution in [-0.4, -0.2) is 25.2 Å². The molecule has 1 aromatic carbocycles. The summed E-state index contributed by atoms with van der Waals surface area (Å²) in [4.78, 5) is 12.8. The molecular weight excluding hydrogens is 352 g/mol. The van der Waals surface area contributed by atoms with Crippen molar-refractivity contribution >= 4 is 21.6 Å². The third-order valence-electron chi connectivity index (χ3n) is 6.45. The van der Waals surface area contributed by atoms with Gasteiger partial charge in [0.15, 0.2) is 16.7 Å². The Morgan fingerprint density at radius 2 is 1.88 bits per heavy atom. The Kier molecular flexibility index (Phi) is 4.23. The molecule has 0 heterocycles. The third-order valence-corrected chi connectivity index (χ3v) is 7.89. The molecule has 3 atom stereocenters. The van der Waals surface area contributed by atoms with Crippen molar-refractivity contribution in [2.75, 3.05) is 0 Å². The SMILES string of the molecule is Cc1ccc(/C(C#N)=N\OS(=O)(=O)C2C(=O)C3(C)CCC2C3(C)C)cc1. The maximum atomic E-state index is 12.8. The summed E-state index contributed by atoms with van der Waals surface area (Å²) in [7, 11) is -4.26. The minimum absolute atomic E-state index is 0.144. The molecule has 1 aromatic rings. The van der Waals surface area contributed by atoms with Crippen LogP contribution < -0.4 is 0 Å². The zero-order valence-electron chi connectivity index (χ0n) is 15.3. The number of carbonyl (C=O) groups excluding carboxylic acids is 1. The van der Waals surface area contributed by atoms with E-state index in [9.17, 15) is 18.5 Å². The Hall–Kier alpha value is -2.20. The van der Waals surface area contributed by atoms with E-state index in [0.29, 0.717) is 18.4 Å². The fourth-order valence-corrected chi connectivity index (χ4v) is 5.99. The molecule has 0 aliphatic heterocycles. The molecule has 0 N–H and O–H groups in total. The average molecular weight is 374 g/mol. The van der Waals surface area contributed by atoms with Gasteiger partial charge >= 0.3 is 10.1 Å². The monoisotopic (exact) mass is 374 g/mol. The summed E-state index contributed by atoms with van der Waals surface area (Å²) in [5, 5.41) is 11.6. The number of Topliss-reactive ketones (excluding diaryl/α,β-unsaturated/α-hetero) is 1. The highest BCUT2D eigenvalue weighted by molar-refractivity contribution is 7.88. The first-order valence-electron chi connectivity index (χ1n) is 8.56. The van der Waals surface area contributed by atoms with Crippen molar-refractivity contribution in [3.63, 3.8) is 0 Å². The van der Waals surface area contributed by atoms with E-state index in [0.717, 1.165) is 5.56 Å². The molecule has 3 unspecified atom stereocenters. The number of hydrogen-bond acceptors (Lipinski definition) is 6. The number of carbonyl (C=O) groups is 1. The van der Waals surface area contributed by atoms with Crippen LogP contribution in [0, 0.1) is 35.0 Å². The maximum absolute atomic E-state index is 12.8. The fraction of sp³-hybridized carbons (Fsp3) is 0.526. The molecule has 2 aliphatic rings. The summed E-state index contributed by atoms with van der Waals surface area (Å²) in [6.45, 7) is 7.61. The lowest BCUT2D eigenvalue weighted by atomic mass is 9.70. The number of rotatable bonds is 4. The van der Waals surface area contributed by atoms with E-state index in [2.05, 4.69) is 5.16 Å². The zero-order chi connectivity index (χ0) is 19.3. The van der Waals surface area contributed by atoms with Crippen LogP contribution in [0.1, 0.15) is 44.7 Å². The largest absolute Gasteiger partial charge is 0.338 e. The number of hydrogen-bond donors (Lipinski definition) is 0. The van der Waals surface area contributed by atoms with E-state index in [1.165, 1.54) is 0 Å². The fourth-order valence-electron chi connectivity index (χ4n) is 4.32. The summed E-state index contributed by atoms with van der Waals surface area (Å²) < 4.78 is 30.2. The van der Waals surface area contributed by atoms with Crippen molar-refractivity contribution in [2.45, 2.75) is 45.8 Å². The number of nitrogens with zero attached hydrogens (tertiary/aromatic N) is 2. The Morgan fingerprint density at radius 1 is 1.27 bits per heavy atom. The summed E-state index contributed by atoms with van der Waals surface area (Å²) in [6, 6.07) is 8.76. The Labute approximate surface area is 154 Å². The van der Waals surface area contributed by atoms with Crippen LogP contribution in [-0.2, 0) is 19.2 Å². The number of nitriles is 1. The quantitative estimate of drug-likeness (QED) is 0.596. The molecule has 0 spiro atoms. The number of fused-ring (bicyclic) bond motifs is 2. The van der Waals surface area contributed by atoms with Gasteiger partial charge in [0.2, 0.25) is 0 Å². The van der Waals surface area contributed by atoms with E-state index in [4.69, 9.17) is 4.28 Å². The molecule has 2 fully saturated rings. The summed E-state index contributed by atoms with van der Waals surface area (Å²) in [5.74, 6) is -0.604. The number of benzene rings is 1. The molecule has 7 heteroatoms. The Bertz CT molecular complexity index is 925. The zero-order valence-corrected chi connectivity index (χ0v) is 16.1. The lowest BCUT2D eigenvalue weighted by Gasteiger charge is -2.32. The van der Waals surface area contributed by atoms with E-state index in [-0.39, 0.29) is 17.4 Å². The van der Waals surface area contributed by atoms with Crippen molar-refractivity contribution in [1.82, 2.24) is 0 Å². The first kappa shape index (κ1) is 18.6. The van der Waals surface area contributed by atoms with Gasteiger partial charge in [-0.1, -0.05) is 55.8 Å². The summed E-state index contributed by atoms with van der Waals surface area (Å²) in [5.41, 5.74) is 0.235. The first-order chi connectivity index (χ1) is 12.0. The van der Waals surface area contributed by atoms with Gasteiger partial charge < -0.3 is 0 Å². The molecule has 3 rings (SSSR count). The van der Waals surface area contributed by atoms with Gasteiger partial charge in [-0.15, -0.1) is 0 Å².